The van der Waals surface area contributed by atoms with Gasteiger partial charge in [0, 0.05) is 5.02 Å². The van der Waals surface area contributed by atoms with Crippen LogP contribution in [0.4, 0.5) is 0 Å². The van der Waals surface area contributed by atoms with Gasteiger partial charge in [0.2, 0.25) is 0 Å². The summed E-state index contributed by atoms with van der Waals surface area (Å²) in [4.78, 5) is 23.7. The van der Waals surface area contributed by atoms with Gasteiger partial charge in [-0.05, 0) is 38.8 Å². The number of benzene rings is 1. The third-order valence-corrected chi connectivity index (χ3v) is 3.37. The summed E-state index contributed by atoms with van der Waals surface area (Å²) in [6.07, 6.45) is 0.251. The maximum absolute atomic E-state index is 11.9. The van der Waals surface area contributed by atoms with Crippen LogP contribution in [0.5, 0.6) is 0 Å². The molecule has 0 fully saturated rings. The zero-order valence-corrected chi connectivity index (χ0v) is 11.6. The molecule has 1 aromatic rings. The van der Waals surface area contributed by atoms with E-state index in [0.29, 0.717) is 5.02 Å². The van der Waals surface area contributed by atoms with Crippen molar-refractivity contribution in [2.75, 3.05) is 6.61 Å². The first-order valence-electron chi connectivity index (χ1n) is 5.83. The smallest absolute Gasteiger partial charge is 0.319 e. The Morgan fingerprint density at radius 3 is 2.44 bits per heavy atom. The van der Waals surface area contributed by atoms with E-state index in [4.69, 9.17) is 16.3 Å². The Labute approximate surface area is 112 Å². The molecule has 1 unspecified atom stereocenters. The first kappa shape index (κ1) is 14.7. The fourth-order valence-electron chi connectivity index (χ4n) is 1.65. The van der Waals surface area contributed by atoms with Crippen LogP contribution in [0, 0.1) is 5.41 Å². The van der Waals surface area contributed by atoms with Crippen LogP contribution in [0.15, 0.2) is 24.3 Å². The molecule has 0 heterocycles. The second-order valence-corrected chi connectivity index (χ2v) is 4.78. The number of hydrogen-bond acceptors (Lipinski definition) is 3. The second-order valence-electron chi connectivity index (χ2n) is 4.38. The maximum atomic E-state index is 11.9. The van der Waals surface area contributed by atoms with Crippen LogP contribution in [-0.4, -0.2) is 18.4 Å². The van der Waals surface area contributed by atoms with E-state index in [2.05, 4.69) is 0 Å². The van der Waals surface area contributed by atoms with E-state index in [0.717, 1.165) is 5.56 Å². The largest absolute Gasteiger partial charge is 0.465 e. The summed E-state index contributed by atoms with van der Waals surface area (Å²) in [5.74, 6) is -0.724. The Hall–Kier alpha value is -1.35. The molecule has 0 saturated heterocycles. The molecule has 0 bridgehead atoms. The summed E-state index contributed by atoms with van der Waals surface area (Å²) in [5.41, 5.74) is -0.411. The number of ketones is 1. The number of esters is 1. The van der Waals surface area contributed by atoms with Gasteiger partial charge in [0.05, 0.1) is 6.61 Å². The molecule has 0 radical (unpaired) electrons. The van der Waals surface area contributed by atoms with Gasteiger partial charge in [0.1, 0.15) is 11.2 Å². The number of rotatable bonds is 5. The molecule has 18 heavy (non-hydrogen) atoms. The zero-order valence-electron chi connectivity index (χ0n) is 10.8. The number of hydrogen-bond donors (Lipinski definition) is 0. The minimum absolute atomic E-state index is 0.221. The van der Waals surface area contributed by atoms with E-state index in [1.54, 1.807) is 26.0 Å². The molecule has 0 saturated carbocycles. The Balaban J connectivity index is 3.04. The summed E-state index contributed by atoms with van der Waals surface area (Å²) >= 11 is 6.05. The summed E-state index contributed by atoms with van der Waals surface area (Å²) in [5, 5.41) is 0.550. The van der Waals surface area contributed by atoms with E-state index < -0.39 is 11.4 Å². The number of Topliss-reactive ketones (excluding diaryl/α,β-unsaturated/α-hetero) is 1. The quantitative estimate of drug-likeness (QED) is 0.609. The van der Waals surface area contributed by atoms with Crippen molar-refractivity contribution < 1.29 is 14.3 Å². The Kier molecular flexibility index (Phi) is 4.91. The van der Waals surface area contributed by atoms with Crippen molar-refractivity contribution in [3.8, 4) is 0 Å². The van der Waals surface area contributed by atoms with E-state index >= 15 is 0 Å². The highest BCUT2D eigenvalue weighted by Crippen LogP contribution is 2.29. The molecular weight excluding hydrogens is 252 g/mol. The predicted octanol–water partition coefficient (Wildman–Crippen LogP) is 3.04. The van der Waals surface area contributed by atoms with Crippen LogP contribution < -0.4 is 0 Å². The lowest BCUT2D eigenvalue weighted by Crippen LogP contribution is -2.38. The highest BCUT2D eigenvalue weighted by atomic mass is 35.5. The van der Waals surface area contributed by atoms with Crippen LogP contribution in [-0.2, 0) is 20.7 Å². The first-order valence-corrected chi connectivity index (χ1v) is 6.21. The first-order chi connectivity index (χ1) is 8.41. The van der Waals surface area contributed by atoms with Crippen LogP contribution >= 0.6 is 11.6 Å². The van der Waals surface area contributed by atoms with Crippen molar-refractivity contribution in [2.24, 2.45) is 5.41 Å². The molecule has 1 atom stereocenters. The van der Waals surface area contributed by atoms with Crippen LogP contribution in [0.3, 0.4) is 0 Å². The zero-order chi connectivity index (χ0) is 13.8. The van der Waals surface area contributed by atoms with Crippen molar-refractivity contribution in [1.82, 2.24) is 0 Å². The molecule has 3 nitrogen and oxygen atoms in total. The standard InChI is InChI=1S/C14H17ClO3/c1-4-18-13(17)14(3,10(2)16)9-11-7-5-6-8-12(11)15/h5-8H,4,9H2,1-3H3. The van der Waals surface area contributed by atoms with E-state index in [1.165, 1.54) is 6.92 Å². The molecule has 0 N–H and O–H groups in total. The van der Waals surface area contributed by atoms with Crippen LogP contribution in [0.1, 0.15) is 26.3 Å². The SMILES string of the molecule is CCOC(=O)C(C)(Cc1ccccc1Cl)C(C)=O. The Morgan fingerprint density at radius 2 is 1.94 bits per heavy atom. The lowest BCUT2D eigenvalue weighted by molar-refractivity contribution is -0.158. The fraction of sp³-hybridized carbons (Fsp3) is 0.429. The molecule has 0 aromatic heterocycles. The molecule has 0 aliphatic carbocycles. The van der Waals surface area contributed by atoms with Gasteiger partial charge in [-0.2, -0.15) is 0 Å². The third-order valence-electron chi connectivity index (χ3n) is 3.00. The van der Waals surface area contributed by atoms with Gasteiger partial charge in [0.15, 0.2) is 0 Å². The monoisotopic (exact) mass is 268 g/mol. The highest BCUT2D eigenvalue weighted by Gasteiger charge is 2.40. The molecule has 0 amide bonds. The van der Waals surface area contributed by atoms with Crippen LogP contribution in [0.2, 0.25) is 5.02 Å². The average Bonchev–Trinajstić information content (AvgIpc) is 2.32. The lowest BCUT2D eigenvalue weighted by Gasteiger charge is -2.24. The van der Waals surface area contributed by atoms with Crippen molar-refractivity contribution in [1.29, 1.82) is 0 Å². The second kappa shape index (κ2) is 6.01. The minimum atomic E-state index is -1.18. The van der Waals surface area contributed by atoms with E-state index in [9.17, 15) is 9.59 Å². The average molecular weight is 269 g/mol. The molecule has 4 heteroatoms. The van der Waals surface area contributed by atoms with Gasteiger partial charge >= 0.3 is 5.97 Å². The summed E-state index contributed by atoms with van der Waals surface area (Å²) < 4.78 is 4.98. The molecule has 0 aliphatic heterocycles. The third kappa shape index (κ3) is 3.10. The van der Waals surface area contributed by atoms with Gasteiger partial charge in [-0.25, -0.2) is 0 Å². The molecular formula is C14H17ClO3. The highest BCUT2D eigenvalue weighted by molar-refractivity contribution is 6.31. The van der Waals surface area contributed by atoms with Gasteiger partial charge in [-0.3, -0.25) is 9.59 Å². The maximum Gasteiger partial charge on any atom is 0.319 e. The summed E-state index contributed by atoms with van der Waals surface area (Å²) in [6, 6.07) is 7.18. The summed E-state index contributed by atoms with van der Waals surface area (Å²) in [6.45, 7) is 4.96. The minimum Gasteiger partial charge on any atom is -0.465 e. The van der Waals surface area contributed by atoms with Gasteiger partial charge < -0.3 is 4.74 Å². The van der Waals surface area contributed by atoms with Gasteiger partial charge in [-0.1, -0.05) is 29.8 Å². The Morgan fingerprint density at radius 1 is 1.33 bits per heavy atom. The topological polar surface area (TPSA) is 43.4 Å². The number of carbonyl (C=O) groups excluding carboxylic acids is 2. The van der Waals surface area contributed by atoms with Gasteiger partial charge in [-0.15, -0.1) is 0 Å². The molecule has 1 aromatic carbocycles. The van der Waals surface area contributed by atoms with Crippen molar-refractivity contribution in [3.05, 3.63) is 34.9 Å². The summed E-state index contributed by atoms with van der Waals surface area (Å²) in [7, 11) is 0. The van der Waals surface area contributed by atoms with Crippen molar-refractivity contribution in [3.63, 3.8) is 0 Å². The molecule has 0 spiro atoms. The number of halogens is 1. The number of ether oxygens (including phenoxy) is 1. The normalized spacial score (nSPS) is 13.8. The molecule has 1 rings (SSSR count). The van der Waals surface area contributed by atoms with Gasteiger partial charge in [0.25, 0.3) is 0 Å². The van der Waals surface area contributed by atoms with E-state index in [-0.39, 0.29) is 18.8 Å². The predicted molar refractivity (Wildman–Crippen MR) is 70.6 cm³/mol. The van der Waals surface area contributed by atoms with Crippen molar-refractivity contribution >= 4 is 23.4 Å². The fourth-order valence-corrected chi connectivity index (χ4v) is 1.86. The van der Waals surface area contributed by atoms with Crippen LogP contribution in [0.25, 0.3) is 0 Å². The molecule has 98 valence electrons. The number of carbonyl (C=O) groups is 2. The Bertz CT molecular complexity index is 456. The van der Waals surface area contributed by atoms with E-state index in [1.807, 2.05) is 12.1 Å². The lowest BCUT2D eigenvalue weighted by atomic mass is 9.80. The van der Waals surface area contributed by atoms with Crippen molar-refractivity contribution in [2.45, 2.75) is 27.2 Å². The molecule has 0 aliphatic rings.